The topological polar surface area (TPSA) is 43.4 Å². The second-order valence-electron chi connectivity index (χ2n) is 6.35. The van der Waals surface area contributed by atoms with Gasteiger partial charge in [0.25, 0.3) is 0 Å². The molecule has 0 aromatic carbocycles. The van der Waals surface area contributed by atoms with Crippen LogP contribution in [0.1, 0.15) is 90.9 Å². The van der Waals surface area contributed by atoms with E-state index in [-0.39, 0.29) is 5.57 Å². The largest absolute Gasteiger partial charge is 0.386 e. The molecule has 0 atom stereocenters. The van der Waals surface area contributed by atoms with Crippen molar-refractivity contribution in [2.24, 2.45) is 0 Å². The van der Waals surface area contributed by atoms with Gasteiger partial charge in [0.05, 0.1) is 0 Å². The quantitative estimate of drug-likeness (QED) is 0.173. The molecule has 0 aliphatic rings. The Labute approximate surface area is 142 Å². The highest BCUT2D eigenvalue weighted by Gasteiger charge is 2.13. The van der Waals surface area contributed by atoms with Gasteiger partial charge >= 0.3 is 11.9 Å². The van der Waals surface area contributed by atoms with Crippen molar-refractivity contribution in [3.05, 3.63) is 24.3 Å². The van der Waals surface area contributed by atoms with Crippen molar-refractivity contribution < 1.29 is 14.3 Å². The van der Waals surface area contributed by atoms with E-state index in [0.29, 0.717) is 12.0 Å². The molecule has 0 spiro atoms. The maximum atomic E-state index is 11.6. The van der Waals surface area contributed by atoms with E-state index in [9.17, 15) is 9.59 Å². The second-order valence-corrected chi connectivity index (χ2v) is 6.35. The summed E-state index contributed by atoms with van der Waals surface area (Å²) in [7, 11) is 0. The third-order valence-corrected chi connectivity index (χ3v) is 3.90. The minimum Gasteiger partial charge on any atom is -0.386 e. The normalized spacial score (nSPS) is 10.3. The molecule has 3 heteroatoms. The first-order chi connectivity index (χ1) is 11.0. The predicted molar refractivity (Wildman–Crippen MR) is 96.1 cm³/mol. The number of esters is 2. The molecule has 0 aliphatic heterocycles. The maximum Gasteiger partial charge on any atom is 0.341 e. The van der Waals surface area contributed by atoms with Gasteiger partial charge in [-0.1, -0.05) is 84.3 Å². The van der Waals surface area contributed by atoms with Crippen LogP contribution in [0.2, 0.25) is 0 Å². The van der Waals surface area contributed by atoms with E-state index in [1.54, 1.807) is 0 Å². The molecule has 0 aliphatic carbocycles. The molecule has 0 rings (SSSR count). The molecule has 3 nitrogen and oxygen atoms in total. The lowest BCUT2D eigenvalue weighted by molar-refractivity contribution is -0.154. The first-order valence-corrected chi connectivity index (χ1v) is 9.08. The Bertz CT molecular complexity index is 382. The highest BCUT2D eigenvalue weighted by atomic mass is 16.6. The fraction of sp³-hybridized carbons (Fsp3) is 0.700. The van der Waals surface area contributed by atoms with Crippen molar-refractivity contribution >= 4 is 11.9 Å². The molecule has 0 unspecified atom stereocenters. The molecule has 0 saturated heterocycles. The summed E-state index contributed by atoms with van der Waals surface area (Å²) in [6.45, 7) is 10.9. The molecule has 0 saturated carbocycles. The fourth-order valence-corrected chi connectivity index (χ4v) is 2.35. The zero-order valence-electron chi connectivity index (χ0n) is 15.1. The van der Waals surface area contributed by atoms with E-state index >= 15 is 0 Å². The van der Waals surface area contributed by atoms with E-state index < -0.39 is 11.9 Å². The molecule has 0 N–H and O–H groups in total. The van der Waals surface area contributed by atoms with Gasteiger partial charge in [-0.2, -0.15) is 0 Å². The van der Waals surface area contributed by atoms with Crippen LogP contribution < -0.4 is 0 Å². The summed E-state index contributed by atoms with van der Waals surface area (Å²) in [4.78, 5) is 22.8. The number of hydrogen-bond donors (Lipinski definition) is 0. The molecular formula is C20H34O3. The minimum absolute atomic E-state index is 0.223. The van der Waals surface area contributed by atoms with E-state index in [0.717, 1.165) is 12.8 Å². The van der Waals surface area contributed by atoms with Gasteiger partial charge in [0, 0.05) is 11.1 Å². The minimum atomic E-state index is -0.671. The van der Waals surface area contributed by atoms with Crippen molar-refractivity contribution in [2.75, 3.05) is 0 Å². The van der Waals surface area contributed by atoms with Gasteiger partial charge in [-0.25, -0.2) is 9.59 Å². The van der Waals surface area contributed by atoms with E-state index in [4.69, 9.17) is 0 Å². The van der Waals surface area contributed by atoms with Crippen molar-refractivity contribution in [2.45, 2.75) is 90.9 Å². The number of rotatable bonds is 14. The number of carbonyl (C=O) groups excluding carboxylic acids is 2. The Hall–Kier alpha value is -1.38. The van der Waals surface area contributed by atoms with Gasteiger partial charge in [0.15, 0.2) is 0 Å². The van der Waals surface area contributed by atoms with Crippen LogP contribution in [0.5, 0.6) is 0 Å². The Morgan fingerprint density at radius 1 is 0.739 bits per heavy atom. The number of unbranched alkanes of at least 4 members (excludes halogenated alkanes) is 10. The van der Waals surface area contributed by atoms with Gasteiger partial charge in [-0.3, -0.25) is 0 Å². The van der Waals surface area contributed by atoms with Crippen molar-refractivity contribution in [3.63, 3.8) is 0 Å². The molecule has 0 heterocycles. The maximum absolute atomic E-state index is 11.6. The second kappa shape index (κ2) is 14.2. The molecule has 0 aromatic heterocycles. The third kappa shape index (κ3) is 12.8. The molecule has 0 fully saturated rings. The van der Waals surface area contributed by atoms with Crippen LogP contribution in [0, 0.1) is 0 Å². The summed E-state index contributed by atoms with van der Waals surface area (Å²) in [5.74, 6) is -1.29. The summed E-state index contributed by atoms with van der Waals surface area (Å²) < 4.78 is 4.65. The monoisotopic (exact) mass is 322 g/mol. The van der Waals surface area contributed by atoms with E-state index in [2.05, 4.69) is 24.8 Å². The Kier molecular flexibility index (Phi) is 13.4. The van der Waals surface area contributed by atoms with Crippen molar-refractivity contribution in [1.29, 1.82) is 0 Å². The zero-order valence-corrected chi connectivity index (χ0v) is 15.1. The van der Waals surface area contributed by atoms with Gasteiger partial charge in [-0.15, -0.1) is 0 Å². The van der Waals surface area contributed by atoms with Crippen LogP contribution in [-0.4, -0.2) is 11.9 Å². The van der Waals surface area contributed by atoms with Crippen molar-refractivity contribution in [3.8, 4) is 0 Å². The smallest absolute Gasteiger partial charge is 0.341 e. The summed E-state index contributed by atoms with van der Waals surface area (Å²) in [6.07, 6.45) is 14.5. The van der Waals surface area contributed by atoms with Crippen molar-refractivity contribution in [1.82, 2.24) is 0 Å². The molecule has 0 bridgehead atoms. The Morgan fingerprint density at radius 2 is 1.17 bits per heavy atom. The Balaban J connectivity index is 3.47. The third-order valence-electron chi connectivity index (χ3n) is 3.90. The number of hydrogen-bond acceptors (Lipinski definition) is 3. The van der Waals surface area contributed by atoms with E-state index in [1.165, 1.54) is 64.7 Å². The fourth-order valence-electron chi connectivity index (χ4n) is 2.35. The van der Waals surface area contributed by atoms with Crippen LogP contribution in [0.3, 0.4) is 0 Å². The standard InChI is InChI=1S/C20H34O3/c1-5-6-7-8-9-10-11-12-13-14-15-16-18(4)20(22)23-19(21)17(2)3/h2,4-16H2,1,3H3. The number of carbonyl (C=O) groups is 2. The molecule has 0 amide bonds. The highest BCUT2D eigenvalue weighted by Crippen LogP contribution is 2.14. The van der Waals surface area contributed by atoms with Crippen LogP contribution >= 0.6 is 0 Å². The molecular weight excluding hydrogens is 288 g/mol. The summed E-state index contributed by atoms with van der Waals surface area (Å²) in [5, 5.41) is 0. The molecule has 132 valence electrons. The summed E-state index contributed by atoms with van der Waals surface area (Å²) in [5.41, 5.74) is 0.594. The zero-order chi connectivity index (χ0) is 17.5. The lowest BCUT2D eigenvalue weighted by atomic mass is 10.0. The molecule has 23 heavy (non-hydrogen) atoms. The summed E-state index contributed by atoms with van der Waals surface area (Å²) in [6, 6.07) is 0. The lowest BCUT2D eigenvalue weighted by Gasteiger charge is -2.06. The Morgan fingerprint density at radius 3 is 1.61 bits per heavy atom. The first kappa shape index (κ1) is 21.6. The van der Waals surface area contributed by atoms with Gasteiger partial charge < -0.3 is 4.74 Å². The molecule has 0 radical (unpaired) electrons. The molecule has 0 aromatic rings. The lowest BCUT2D eigenvalue weighted by Crippen LogP contribution is -2.14. The van der Waals surface area contributed by atoms with Crippen LogP contribution in [0.15, 0.2) is 24.3 Å². The van der Waals surface area contributed by atoms with Crippen LogP contribution in [-0.2, 0) is 14.3 Å². The number of ether oxygens (including phenoxy) is 1. The summed E-state index contributed by atoms with van der Waals surface area (Å²) >= 11 is 0. The van der Waals surface area contributed by atoms with Gasteiger partial charge in [0.2, 0.25) is 0 Å². The first-order valence-electron chi connectivity index (χ1n) is 9.08. The van der Waals surface area contributed by atoms with Gasteiger partial charge in [0.1, 0.15) is 0 Å². The van der Waals surface area contributed by atoms with Gasteiger partial charge in [-0.05, 0) is 19.8 Å². The average Bonchev–Trinajstić information content (AvgIpc) is 2.52. The van der Waals surface area contributed by atoms with Crippen LogP contribution in [0.25, 0.3) is 0 Å². The van der Waals surface area contributed by atoms with Crippen LogP contribution in [0.4, 0.5) is 0 Å². The SMILES string of the molecule is C=C(C)C(=O)OC(=O)C(=C)CCCCCCCCCCCCC. The average molecular weight is 322 g/mol. The predicted octanol–water partition coefficient (Wildman–Crippen LogP) is 5.89. The highest BCUT2D eigenvalue weighted by molar-refractivity contribution is 6.00. The van der Waals surface area contributed by atoms with E-state index in [1.807, 2.05) is 0 Å².